The molecule has 1 aliphatic carbocycles. The Kier molecular flexibility index (Phi) is 8.20. The molecule has 0 saturated heterocycles. The van der Waals surface area contributed by atoms with Gasteiger partial charge in [0.2, 0.25) is 0 Å². The van der Waals surface area contributed by atoms with Crippen LogP contribution in [0, 0.1) is 5.92 Å². The number of carbonyl (C=O) groups excluding carboxylic acids is 1. The topological polar surface area (TPSA) is 35.5 Å². The molecule has 0 amide bonds. The molecule has 5 heteroatoms. The van der Waals surface area contributed by atoms with E-state index in [1.807, 2.05) is 6.92 Å². The first-order chi connectivity index (χ1) is 9.89. The molecule has 21 heavy (non-hydrogen) atoms. The summed E-state index contributed by atoms with van der Waals surface area (Å²) in [5.74, 6) is 0.274. The standard InChI is InChI=1S/C16H29BrO3Si/c1-5-19-16(18)13(2)11-15(20-21(3,4)12-17)14-9-7-6-8-10-14/h14-15H,2,5-12H2,1,3-4H3/t15-/m1/s1. The van der Waals surface area contributed by atoms with Gasteiger partial charge in [0, 0.05) is 16.9 Å². The van der Waals surface area contributed by atoms with Gasteiger partial charge in [-0.05, 0) is 38.8 Å². The van der Waals surface area contributed by atoms with Crippen molar-refractivity contribution in [2.75, 3.05) is 11.6 Å². The van der Waals surface area contributed by atoms with Gasteiger partial charge in [-0.1, -0.05) is 41.8 Å². The summed E-state index contributed by atoms with van der Waals surface area (Å²) in [6.45, 7) is 10.6. The first kappa shape index (κ1) is 18.9. The van der Waals surface area contributed by atoms with E-state index in [-0.39, 0.29) is 12.1 Å². The number of esters is 1. The van der Waals surface area contributed by atoms with Crippen LogP contribution in [0.4, 0.5) is 0 Å². The predicted molar refractivity (Wildman–Crippen MR) is 93.1 cm³/mol. The number of rotatable bonds is 8. The van der Waals surface area contributed by atoms with Gasteiger partial charge in [0.05, 0.1) is 12.7 Å². The number of hydrogen-bond donors (Lipinski definition) is 0. The summed E-state index contributed by atoms with van der Waals surface area (Å²) >= 11 is 3.57. The van der Waals surface area contributed by atoms with Crippen LogP contribution in [0.25, 0.3) is 0 Å². The average Bonchev–Trinajstić information content (AvgIpc) is 2.47. The summed E-state index contributed by atoms with van der Waals surface area (Å²) in [4.78, 5) is 12.7. The lowest BCUT2D eigenvalue weighted by Gasteiger charge is -2.35. The molecule has 122 valence electrons. The Morgan fingerprint density at radius 1 is 1.33 bits per heavy atom. The fourth-order valence-electron chi connectivity index (χ4n) is 2.81. The summed E-state index contributed by atoms with van der Waals surface area (Å²) in [6.07, 6.45) is 6.98. The van der Waals surface area contributed by atoms with Crippen molar-refractivity contribution in [1.29, 1.82) is 0 Å². The van der Waals surface area contributed by atoms with Crippen molar-refractivity contribution in [3.05, 3.63) is 12.2 Å². The molecule has 0 N–H and O–H groups in total. The highest BCUT2D eigenvalue weighted by atomic mass is 79.9. The van der Waals surface area contributed by atoms with E-state index >= 15 is 0 Å². The molecule has 0 aromatic rings. The smallest absolute Gasteiger partial charge is 0.333 e. The van der Waals surface area contributed by atoms with Gasteiger partial charge in [0.25, 0.3) is 0 Å². The van der Waals surface area contributed by atoms with Gasteiger partial charge in [-0.25, -0.2) is 4.79 Å². The third-order valence-electron chi connectivity index (χ3n) is 3.98. The Labute approximate surface area is 138 Å². The Balaban J connectivity index is 2.71. The van der Waals surface area contributed by atoms with Crippen LogP contribution >= 0.6 is 15.9 Å². The van der Waals surface area contributed by atoms with Crippen molar-refractivity contribution in [1.82, 2.24) is 0 Å². The minimum Gasteiger partial charge on any atom is -0.463 e. The maximum atomic E-state index is 11.8. The molecule has 0 bridgehead atoms. The molecule has 1 saturated carbocycles. The molecule has 1 atom stereocenters. The summed E-state index contributed by atoms with van der Waals surface area (Å²) in [5, 5.41) is 0. The third-order valence-corrected chi connectivity index (χ3v) is 9.62. The summed E-state index contributed by atoms with van der Waals surface area (Å²) < 4.78 is 11.5. The second-order valence-corrected chi connectivity index (χ2v) is 12.2. The lowest BCUT2D eigenvalue weighted by Crippen LogP contribution is -2.41. The molecule has 0 aliphatic heterocycles. The van der Waals surface area contributed by atoms with Gasteiger partial charge in [-0.2, -0.15) is 0 Å². The van der Waals surface area contributed by atoms with Crippen molar-refractivity contribution in [2.24, 2.45) is 5.92 Å². The number of hydrogen-bond acceptors (Lipinski definition) is 3. The molecule has 0 spiro atoms. The fourth-order valence-corrected chi connectivity index (χ4v) is 4.37. The lowest BCUT2D eigenvalue weighted by molar-refractivity contribution is -0.139. The van der Waals surface area contributed by atoms with Crippen LogP contribution in [-0.4, -0.2) is 32.0 Å². The lowest BCUT2D eigenvalue weighted by atomic mass is 9.83. The molecule has 1 aliphatic rings. The van der Waals surface area contributed by atoms with Gasteiger partial charge < -0.3 is 9.16 Å². The van der Waals surface area contributed by atoms with Gasteiger partial charge in [0.1, 0.15) is 0 Å². The Hall–Kier alpha value is -0.133. The quantitative estimate of drug-likeness (QED) is 0.268. The Morgan fingerprint density at radius 3 is 2.48 bits per heavy atom. The first-order valence-electron chi connectivity index (χ1n) is 7.98. The Bertz CT molecular complexity index is 351. The maximum Gasteiger partial charge on any atom is 0.333 e. The van der Waals surface area contributed by atoms with Crippen LogP contribution < -0.4 is 0 Å². The molecule has 3 nitrogen and oxygen atoms in total. The van der Waals surface area contributed by atoms with Crippen molar-refractivity contribution < 1.29 is 14.0 Å². The van der Waals surface area contributed by atoms with E-state index in [1.54, 1.807) is 0 Å². The number of alkyl halides is 1. The van der Waals surface area contributed by atoms with Crippen molar-refractivity contribution in [3.63, 3.8) is 0 Å². The van der Waals surface area contributed by atoms with Crippen LogP contribution in [0.3, 0.4) is 0 Å². The van der Waals surface area contributed by atoms with E-state index < -0.39 is 8.32 Å². The molecule has 1 rings (SSSR count). The van der Waals surface area contributed by atoms with Crippen LogP contribution in [0.15, 0.2) is 12.2 Å². The van der Waals surface area contributed by atoms with Crippen LogP contribution in [-0.2, 0) is 14.0 Å². The van der Waals surface area contributed by atoms with Crippen LogP contribution in [0.2, 0.25) is 13.1 Å². The van der Waals surface area contributed by atoms with Crippen LogP contribution in [0.5, 0.6) is 0 Å². The van der Waals surface area contributed by atoms with E-state index in [9.17, 15) is 4.79 Å². The highest BCUT2D eigenvalue weighted by molar-refractivity contribution is 9.09. The van der Waals surface area contributed by atoms with Crippen LogP contribution in [0.1, 0.15) is 45.4 Å². The van der Waals surface area contributed by atoms with E-state index in [1.165, 1.54) is 32.1 Å². The van der Waals surface area contributed by atoms with Crippen molar-refractivity contribution in [2.45, 2.75) is 64.6 Å². The highest BCUT2D eigenvalue weighted by Gasteiger charge is 2.32. The molecule has 1 fully saturated rings. The van der Waals surface area contributed by atoms with Gasteiger partial charge >= 0.3 is 5.97 Å². The molecule has 0 radical (unpaired) electrons. The zero-order chi connectivity index (χ0) is 15.9. The molecule has 0 aromatic carbocycles. The second kappa shape index (κ2) is 9.11. The second-order valence-electron chi connectivity index (χ2n) is 6.48. The van der Waals surface area contributed by atoms with Gasteiger partial charge in [0.15, 0.2) is 8.32 Å². The number of ether oxygens (including phenoxy) is 1. The van der Waals surface area contributed by atoms with E-state index in [4.69, 9.17) is 9.16 Å². The zero-order valence-corrected chi connectivity index (χ0v) is 16.2. The molecule has 0 unspecified atom stereocenters. The SMILES string of the molecule is C=C(C[C@@H](O[Si](C)(C)CBr)C1CCCCC1)C(=O)OCC. The fraction of sp³-hybridized carbons (Fsp3) is 0.812. The number of carbonyl (C=O) groups is 1. The summed E-state index contributed by atoms with van der Waals surface area (Å²) in [5.41, 5.74) is 0.548. The minimum absolute atomic E-state index is 0.112. The van der Waals surface area contributed by atoms with E-state index in [2.05, 4.69) is 35.6 Å². The Morgan fingerprint density at radius 2 is 1.95 bits per heavy atom. The van der Waals surface area contributed by atoms with E-state index in [0.29, 0.717) is 24.5 Å². The van der Waals surface area contributed by atoms with Crippen molar-refractivity contribution in [3.8, 4) is 0 Å². The van der Waals surface area contributed by atoms with Crippen molar-refractivity contribution >= 4 is 30.2 Å². The third kappa shape index (κ3) is 6.66. The maximum absolute atomic E-state index is 11.8. The summed E-state index contributed by atoms with van der Waals surface area (Å²) in [6, 6.07) is 0. The molecule has 0 heterocycles. The first-order valence-corrected chi connectivity index (χ1v) is 12.2. The average molecular weight is 377 g/mol. The molecular weight excluding hydrogens is 348 g/mol. The molecular formula is C16H29BrO3Si. The minimum atomic E-state index is -1.72. The summed E-state index contributed by atoms with van der Waals surface area (Å²) in [7, 11) is -1.72. The molecule has 0 aromatic heterocycles. The normalized spacial score (nSPS) is 18.3. The zero-order valence-electron chi connectivity index (χ0n) is 13.6. The van der Waals surface area contributed by atoms with E-state index in [0.717, 1.165) is 4.95 Å². The largest absolute Gasteiger partial charge is 0.463 e. The highest BCUT2D eigenvalue weighted by Crippen LogP contribution is 2.32. The monoisotopic (exact) mass is 376 g/mol. The van der Waals surface area contributed by atoms with Gasteiger partial charge in [-0.3, -0.25) is 0 Å². The predicted octanol–water partition coefficient (Wildman–Crippen LogP) is 4.60. The number of halogens is 1. The van der Waals surface area contributed by atoms with Gasteiger partial charge in [-0.15, -0.1) is 0 Å².